The molecule has 5 rings (SSSR count). The molecule has 1 amide bonds. The Labute approximate surface area is 180 Å². The SMILES string of the molecule is Cc1ccc(-c2nn(-c3ccccc3)cc2C2SCC(=O)N2c2ccccc2)cc1. The standard InChI is InChI=1S/C25H21N3OS/c1-18-12-14-19(15-13-18)24-22(16-27(26-24)20-8-4-2-5-9-20)25-28(23(29)17-30-25)21-10-6-3-7-11-21/h2-16,25H,17H2,1H3. The molecule has 5 heteroatoms. The third-order valence-corrected chi connectivity index (χ3v) is 6.45. The fraction of sp³-hybridized carbons (Fsp3) is 0.120. The number of para-hydroxylation sites is 2. The van der Waals surface area contributed by atoms with Gasteiger partial charge in [0.15, 0.2) is 0 Å². The molecule has 2 heterocycles. The summed E-state index contributed by atoms with van der Waals surface area (Å²) in [4.78, 5) is 14.7. The molecule has 1 fully saturated rings. The number of anilines is 1. The van der Waals surface area contributed by atoms with Gasteiger partial charge in [0.1, 0.15) is 5.37 Å². The van der Waals surface area contributed by atoms with Gasteiger partial charge in [-0.05, 0) is 31.2 Å². The van der Waals surface area contributed by atoms with Crippen molar-refractivity contribution in [1.82, 2.24) is 9.78 Å². The average Bonchev–Trinajstić information content (AvgIpc) is 3.39. The molecule has 3 aromatic carbocycles. The fourth-order valence-electron chi connectivity index (χ4n) is 3.74. The summed E-state index contributed by atoms with van der Waals surface area (Å²) < 4.78 is 1.91. The first-order valence-electron chi connectivity index (χ1n) is 9.91. The molecule has 1 aromatic heterocycles. The van der Waals surface area contributed by atoms with E-state index in [1.54, 1.807) is 11.8 Å². The zero-order valence-electron chi connectivity index (χ0n) is 16.6. The van der Waals surface area contributed by atoms with Crippen LogP contribution >= 0.6 is 11.8 Å². The predicted molar refractivity (Wildman–Crippen MR) is 123 cm³/mol. The molecule has 0 aliphatic carbocycles. The number of carbonyl (C=O) groups excluding carboxylic acids is 1. The molecule has 1 aliphatic rings. The van der Waals surface area contributed by atoms with Crippen LogP contribution in [0.25, 0.3) is 16.9 Å². The molecule has 30 heavy (non-hydrogen) atoms. The molecule has 1 atom stereocenters. The van der Waals surface area contributed by atoms with E-state index in [0.717, 1.165) is 28.2 Å². The van der Waals surface area contributed by atoms with Crippen molar-refractivity contribution in [2.45, 2.75) is 12.3 Å². The molecule has 0 spiro atoms. The van der Waals surface area contributed by atoms with Gasteiger partial charge < -0.3 is 0 Å². The maximum Gasteiger partial charge on any atom is 0.238 e. The lowest BCUT2D eigenvalue weighted by Crippen LogP contribution is -2.27. The van der Waals surface area contributed by atoms with Gasteiger partial charge in [-0.1, -0.05) is 66.2 Å². The Balaban J connectivity index is 1.65. The summed E-state index contributed by atoms with van der Waals surface area (Å²) >= 11 is 1.65. The number of aryl methyl sites for hydroxylation is 1. The molecule has 0 saturated carbocycles. The smallest absolute Gasteiger partial charge is 0.238 e. The van der Waals surface area contributed by atoms with Gasteiger partial charge in [-0.25, -0.2) is 4.68 Å². The second-order valence-corrected chi connectivity index (χ2v) is 8.41. The zero-order valence-corrected chi connectivity index (χ0v) is 17.4. The fourth-order valence-corrected chi connectivity index (χ4v) is 4.92. The van der Waals surface area contributed by atoms with Gasteiger partial charge in [0, 0.05) is 23.0 Å². The van der Waals surface area contributed by atoms with Gasteiger partial charge in [-0.3, -0.25) is 9.69 Å². The van der Waals surface area contributed by atoms with Gasteiger partial charge in [0.2, 0.25) is 5.91 Å². The van der Waals surface area contributed by atoms with Crippen molar-refractivity contribution in [3.63, 3.8) is 0 Å². The van der Waals surface area contributed by atoms with Crippen LogP contribution in [0.4, 0.5) is 5.69 Å². The second kappa shape index (κ2) is 7.84. The number of benzene rings is 3. The van der Waals surface area contributed by atoms with Crippen LogP contribution in [0.15, 0.2) is 91.1 Å². The largest absolute Gasteiger partial charge is 0.295 e. The summed E-state index contributed by atoms with van der Waals surface area (Å²) in [6.45, 7) is 2.08. The van der Waals surface area contributed by atoms with Gasteiger partial charge >= 0.3 is 0 Å². The van der Waals surface area contributed by atoms with Crippen LogP contribution in [0.5, 0.6) is 0 Å². The van der Waals surface area contributed by atoms with Crippen molar-refractivity contribution < 1.29 is 4.79 Å². The molecule has 148 valence electrons. The van der Waals surface area contributed by atoms with Crippen LogP contribution in [-0.2, 0) is 4.79 Å². The molecular formula is C25H21N3OS. The van der Waals surface area contributed by atoms with Crippen LogP contribution in [-0.4, -0.2) is 21.4 Å². The molecule has 0 radical (unpaired) electrons. The Morgan fingerprint density at radius 1 is 0.867 bits per heavy atom. The molecule has 1 saturated heterocycles. The van der Waals surface area contributed by atoms with Crippen molar-refractivity contribution >= 4 is 23.4 Å². The summed E-state index contributed by atoms with van der Waals surface area (Å²) in [6.07, 6.45) is 2.07. The molecule has 4 aromatic rings. The van der Waals surface area contributed by atoms with E-state index in [-0.39, 0.29) is 11.3 Å². The lowest BCUT2D eigenvalue weighted by atomic mass is 10.1. The summed E-state index contributed by atoms with van der Waals surface area (Å²) in [5.74, 6) is 0.585. The van der Waals surface area contributed by atoms with Gasteiger partial charge in [0.05, 0.1) is 17.1 Å². The molecular weight excluding hydrogens is 390 g/mol. The number of nitrogens with zero attached hydrogens (tertiary/aromatic N) is 3. The minimum absolute atomic E-state index is 0.117. The summed E-state index contributed by atoms with van der Waals surface area (Å²) in [7, 11) is 0. The van der Waals surface area contributed by atoms with E-state index in [4.69, 9.17) is 5.10 Å². The third-order valence-electron chi connectivity index (χ3n) is 5.26. The number of rotatable bonds is 4. The van der Waals surface area contributed by atoms with E-state index in [9.17, 15) is 4.79 Å². The molecule has 0 bridgehead atoms. The lowest BCUT2D eigenvalue weighted by Gasteiger charge is -2.24. The van der Waals surface area contributed by atoms with E-state index >= 15 is 0 Å². The Bertz CT molecular complexity index is 1170. The average molecular weight is 412 g/mol. The van der Waals surface area contributed by atoms with Crippen LogP contribution in [0.2, 0.25) is 0 Å². The topological polar surface area (TPSA) is 38.1 Å². The van der Waals surface area contributed by atoms with Crippen molar-refractivity contribution in [3.05, 3.63) is 102 Å². The molecule has 4 nitrogen and oxygen atoms in total. The summed E-state index contributed by atoms with van der Waals surface area (Å²) in [6, 6.07) is 28.4. The maximum absolute atomic E-state index is 12.8. The second-order valence-electron chi connectivity index (χ2n) is 7.34. The highest BCUT2D eigenvalue weighted by Crippen LogP contribution is 2.44. The van der Waals surface area contributed by atoms with Crippen LogP contribution in [0.1, 0.15) is 16.5 Å². The first-order chi connectivity index (χ1) is 14.7. The third kappa shape index (κ3) is 3.42. The monoisotopic (exact) mass is 411 g/mol. The first-order valence-corrected chi connectivity index (χ1v) is 11.0. The highest BCUT2D eigenvalue weighted by atomic mass is 32.2. The van der Waals surface area contributed by atoms with Crippen molar-refractivity contribution in [2.75, 3.05) is 10.7 Å². The zero-order chi connectivity index (χ0) is 20.5. The normalized spacial score (nSPS) is 16.2. The minimum atomic E-state index is -0.117. The minimum Gasteiger partial charge on any atom is -0.295 e. The molecule has 1 aliphatic heterocycles. The number of amides is 1. The van der Waals surface area contributed by atoms with E-state index in [0.29, 0.717) is 5.75 Å². The van der Waals surface area contributed by atoms with Crippen LogP contribution in [0, 0.1) is 6.92 Å². The number of carbonyl (C=O) groups is 1. The van der Waals surface area contributed by atoms with Crippen molar-refractivity contribution in [1.29, 1.82) is 0 Å². The summed E-state index contributed by atoms with van der Waals surface area (Å²) in [5, 5.41) is 4.83. The van der Waals surface area contributed by atoms with Crippen molar-refractivity contribution in [3.8, 4) is 16.9 Å². The van der Waals surface area contributed by atoms with E-state index < -0.39 is 0 Å². The highest BCUT2D eigenvalue weighted by molar-refractivity contribution is 8.00. The highest BCUT2D eigenvalue weighted by Gasteiger charge is 2.36. The Kier molecular flexibility index (Phi) is 4.89. The molecule has 1 unspecified atom stereocenters. The molecule has 0 N–H and O–H groups in total. The van der Waals surface area contributed by atoms with Gasteiger partial charge in [-0.2, -0.15) is 5.10 Å². The van der Waals surface area contributed by atoms with Crippen molar-refractivity contribution in [2.24, 2.45) is 0 Å². The number of hydrogen-bond acceptors (Lipinski definition) is 3. The van der Waals surface area contributed by atoms with E-state index in [1.807, 2.05) is 70.2 Å². The number of hydrogen-bond donors (Lipinski definition) is 0. The number of aromatic nitrogens is 2. The predicted octanol–water partition coefficient (Wildman–Crippen LogP) is 5.63. The Morgan fingerprint density at radius 3 is 2.17 bits per heavy atom. The number of thioether (sulfide) groups is 1. The quantitative estimate of drug-likeness (QED) is 0.437. The van der Waals surface area contributed by atoms with E-state index in [2.05, 4.69) is 37.4 Å². The maximum atomic E-state index is 12.8. The Morgan fingerprint density at radius 2 is 1.50 bits per heavy atom. The lowest BCUT2D eigenvalue weighted by molar-refractivity contribution is -0.115. The van der Waals surface area contributed by atoms with E-state index in [1.165, 1.54) is 5.56 Å². The first kappa shape index (κ1) is 18.7. The summed E-state index contributed by atoms with van der Waals surface area (Å²) in [5.41, 5.74) is 6.13. The Hall–Kier alpha value is -3.31. The van der Waals surface area contributed by atoms with Crippen LogP contribution < -0.4 is 4.90 Å². The van der Waals surface area contributed by atoms with Gasteiger partial charge in [0.25, 0.3) is 0 Å². The van der Waals surface area contributed by atoms with Crippen LogP contribution in [0.3, 0.4) is 0 Å². The van der Waals surface area contributed by atoms with Gasteiger partial charge in [-0.15, -0.1) is 11.8 Å².